The Morgan fingerprint density at radius 1 is 1.00 bits per heavy atom. The molecule has 0 saturated heterocycles. The molecule has 160 valence electrons. The predicted molar refractivity (Wildman–Crippen MR) is 121 cm³/mol. The molecule has 3 amide bonds. The molecule has 0 fully saturated rings. The van der Waals surface area contributed by atoms with Gasteiger partial charge in [0.05, 0.1) is 16.8 Å². The van der Waals surface area contributed by atoms with E-state index >= 15 is 0 Å². The number of rotatable bonds is 3. The van der Waals surface area contributed by atoms with Crippen LogP contribution in [0.3, 0.4) is 0 Å². The van der Waals surface area contributed by atoms with E-state index in [-0.39, 0.29) is 23.0 Å². The van der Waals surface area contributed by atoms with Crippen LogP contribution in [-0.4, -0.2) is 42.8 Å². The molecule has 0 aliphatic carbocycles. The van der Waals surface area contributed by atoms with Gasteiger partial charge in [-0.05, 0) is 39.0 Å². The summed E-state index contributed by atoms with van der Waals surface area (Å²) in [6.45, 7) is 5.38. The molecule has 2 aromatic heterocycles. The number of aromatic nitrogens is 3. The standard InChI is InChI=1S/C23H19N5O3S/c1-23(2,3)27-19(30)15-10-9-14(11-16(15)20(27)31)18(29)24-21-25-22-28(26-21)17(12-32-22)13-7-5-4-6-8-13/h4-12H,1-3H3,(H,24,26,29). The van der Waals surface area contributed by atoms with Gasteiger partial charge in [0.25, 0.3) is 23.7 Å². The summed E-state index contributed by atoms with van der Waals surface area (Å²) in [6.07, 6.45) is 0. The normalized spacial score (nSPS) is 13.7. The third-order valence-corrected chi connectivity index (χ3v) is 6.01. The van der Waals surface area contributed by atoms with Crippen LogP contribution in [0.25, 0.3) is 16.2 Å². The van der Waals surface area contributed by atoms with Crippen LogP contribution in [-0.2, 0) is 0 Å². The fraction of sp³-hybridized carbons (Fsp3) is 0.174. The Hall–Kier alpha value is -3.85. The molecule has 0 atom stereocenters. The van der Waals surface area contributed by atoms with E-state index in [4.69, 9.17) is 0 Å². The first-order valence-corrected chi connectivity index (χ1v) is 10.9. The Balaban J connectivity index is 1.42. The molecule has 0 bridgehead atoms. The molecule has 1 aliphatic rings. The van der Waals surface area contributed by atoms with Gasteiger partial charge in [-0.15, -0.1) is 16.4 Å². The highest BCUT2D eigenvalue weighted by molar-refractivity contribution is 7.15. The molecule has 5 rings (SSSR count). The first kappa shape index (κ1) is 20.1. The number of nitrogens with one attached hydrogen (secondary N) is 1. The van der Waals surface area contributed by atoms with Gasteiger partial charge >= 0.3 is 0 Å². The lowest BCUT2D eigenvalue weighted by atomic mass is 10.1. The lowest BCUT2D eigenvalue weighted by Gasteiger charge is -2.29. The smallest absolute Gasteiger partial charge is 0.262 e. The second kappa shape index (κ2) is 7.10. The average Bonchev–Trinajstić information content (AvgIpc) is 3.39. The quantitative estimate of drug-likeness (QED) is 0.479. The van der Waals surface area contributed by atoms with E-state index in [1.165, 1.54) is 34.4 Å². The lowest BCUT2D eigenvalue weighted by molar-refractivity contribution is 0.0507. The maximum Gasteiger partial charge on any atom is 0.262 e. The summed E-state index contributed by atoms with van der Waals surface area (Å²) in [7, 11) is 0. The molecule has 0 radical (unpaired) electrons. The summed E-state index contributed by atoms with van der Waals surface area (Å²) in [4.78, 5) is 44.5. The molecular weight excluding hydrogens is 426 g/mol. The molecule has 32 heavy (non-hydrogen) atoms. The number of imide groups is 1. The number of hydrogen-bond acceptors (Lipinski definition) is 6. The summed E-state index contributed by atoms with van der Waals surface area (Å²) < 4.78 is 1.68. The largest absolute Gasteiger partial charge is 0.289 e. The van der Waals surface area contributed by atoms with Gasteiger partial charge in [0.2, 0.25) is 4.96 Å². The third-order valence-electron chi connectivity index (χ3n) is 5.20. The van der Waals surface area contributed by atoms with Gasteiger partial charge in [0, 0.05) is 22.0 Å². The maximum atomic E-state index is 12.8. The van der Waals surface area contributed by atoms with Crippen molar-refractivity contribution in [1.29, 1.82) is 0 Å². The van der Waals surface area contributed by atoms with Gasteiger partial charge in [-0.2, -0.15) is 4.98 Å². The Kier molecular flexibility index (Phi) is 4.45. The summed E-state index contributed by atoms with van der Waals surface area (Å²) in [5, 5.41) is 9.06. The van der Waals surface area contributed by atoms with Gasteiger partial charge in [-0.3, -0.25) is 24.6 Å². The van der Waals surface area contributed by atoms with Crippen molar-refractivity contribution in [2.45, 2.75) is 26.3 Å². The maximum absolute atomic E-state index is 12.8. The van der Waals surface area contributed by atoms with Gasteiger partial charge in [-0.25, -0.2) is 4.52 Å². The molecule has 8 nitrogen and oxygen atoms in total. The summed E-state index contributed by atoms with van der Waals surface area (Å²) in [5.74, 6) is -1.05. The topological polar surface area (TPSA) is 96.7 Å². The minimum absolute atomic E-state index is 0.165. The van der Waals surface area contributed by atoms with Crippen molar-refractivity contribution < 1.29 is 14.4 Å². The SMILES string of the molecule is CC(C)(C)N1C(=O)c2ccc(C(=O)Nc3nc4scc(-c5ccccc5)n4n3)cc2C1=O. The van der Waals surface area contributed by atoms with Crippen LogP contribution in [0.2, 0.25) is 0 Å². The van der Waals surface area contributed by atoms with Crippen LogP contribution < -0.4 is 5.32 Å². The van der Waals surface area contributed by atoms with Crippen molar-refractivity contribution in [2.75, 3.05) is 5.32 Å². The van der Waals surface area contributed by atoms with Crippen LogP contribution in [0.1, 0.15) is 51.8 Å². The summed E-state index contributed by atoms with van der Waals surface area (Å²) in [5.41, 5.74) is 1.99. The van der Waals surface area contributed by atoms with E-state index in [1.54, 1.807) is 25.3 Å². The van der Waals surface area contributed by atoms with Crippen molar-refractivity contribution >= 4 is 40.0 Å². The van der Waals surface area contributed by atoms with Crippen molar-refractivity contribution in [3.63, 3.8) is 0 Å². The molecular formula is C23H19N5O3S. The number of benzene rings is 2. The first-order chi connectivity index (χ1) is 15.2. The van der Waals surface area contributed by atoms with Crippen molar-refractivity contribution in [3.05, 3.63) is 70.6 Å². The van der Waals surface area contributed by atoms with Crippen LogP contribution in [0.4, 0.5) is 5.95 Å². The first-order valence-electron chi connectivity index (χ1n) is 9.98. The van der Waals surface area contributed by atoms with E-state index in [0.29, 0.717) is 10.5 Å². The molecule has 0 spiro atoms. The second-order valence-corrected chi connectivity index (χ2v) is 9.28. The average molecular weight is 446 g/mol. The van der Waals surface area contributed by atoms with Crippen molar-refractivity contribution in [1.82, 2.24) is 19.5 Å². The zero-order valence-electron chi connectivity index (χ0n) is 17.6. The highest BCUT2D eigenvalue weighted by atomic mass is 32.1. The number of nitrogens with zero attached hydrogens (tertiary/aromatic N) is 4. The minimum Gasteiger partial charge on any atom is -0.289 e. The van der Waals surface area contributed by atoms with Gasteiger partial charge in [0.1, 0.15) is 0 Å². The summed E-state index contributed by atoms with van der Waals surface area (Å²) >= 11 is 1.42. The monoisotopic (exact) mass is 445 g/mol. The minimum atomic E-state index is -0.655. The van der Waals surface area contributed by atoms with Crippen LogP contribution in [0.5, 0.6) is 0 Å². The molecule has 9 heteroatoms. The van der Waals surface area contributed by atoms with Crippen LogP contribution >= 0.6 is 11.3 Å². The van der Waals surface area contributed by atoms with Crippen LogP contribution in [0.15, 0.2) is 53.9 Å². The molecule has 1 N–H and O–H groups in total. The Bertz CT molecular complexity index is 1400. The van der Waals surface area contributed by atoms with E-state index in [2.05, 4.69) is 15.4 Å². The van der Waals surface area contributed by atoms with Gasteiger partial charge < -0.3 is 0 Å². The third kappa shape index (κ3) is 3.18. The number of carbonyl (C=O) groups excluding carboxylic acids is 3. The van der Waals surface area contributed by atoms with E-state index in [9.17, 15) is 14.4 Å². The molecule has 0 saturated carbocycles. The number of fused-ring (bicyclic) bond motifs is 2. The number of hydrogen-bond donors (Lipinski definition) is 1. The van der Waals surface area contributed by atoms with Crippen molar-refractivity contribution in [3.8, 4) is 11.3 Å². The number of thiazole rings is 1. The number of anilines is 1. The Morgan fingerprint density at radius 3 is 2.44 bits per heavy atom. The second-order valence-electron chi connectivity index (χ2n) is 8.45. The molecule has 0 unspecified atom stereocenters. The summed E-state index contributed by atoms with van der Waals surface area (Å²) in [6, 6.07) is 14.3. The van der Waals surface area contributed by atoms with Gasteiger partial charge in [0.15, 0.2) is 0 Å². The zero-order chi connectivity index (χ0) is 22.6. The van der Waals surface area contributed by atoms with Crippen LogP contribution in [0, 0.1) is 0 Å². The van der Waals surface area contributed by atoms with Crippen molar-refractivity contribution in [2.24, 2.45) is 0 Å². The van der Waals surface area contributed by atoms with E-state index < -0.39 is 17.4 Å². The number of amides is 3. The highest BCUT2D eigenvalue weighted by Crippen LogP contribution is 2.30. The lowest BCUT2D eigenvalue weighted by Crippen LogP contribution is -2.45. The van der Waals surface area contributed by atoms with E-state index in [1.807, 2.05) is 35.7 Å². The number of carbonyl (C=O) groups is 3. The van der Waals surface area contributed by atoms with E-state index in [0.717, 1.165) is 11.3 Å². The van der Waals surface area contributed by atoms with Gasteiger partial charge in [-0.1, -0.05) is 30.3 Å². The predicted octanol–water partition coefficient (Wildman–Crippen LogP) is 4.10. The zero-order valence-corrected chi connectivity index (χ0v) is 18.4. The molecule has 4 aromatic rings. The highest BCUT2D eigenvalue weighted by Gasteiger charge is 2.42. The molecule has 1 aliphatic heterocycles. The molecule has 3 heterocycles. The fourth-order valence-corrected chi connectivity index (χ4v) is 4.54. The Morgan fingerprint density at radius 2 is 1.72 bits per heavy atom. The fourth-order valence-electron chi connectivity index (χ4n) is 3.71. The molecule has 2 aromatic carbocycles. The Labute approximate surface area is 187 Å².